The van der Waals surface area contributed by atoms with Crippen molar-refractivity contribution in [1.29, 1.82) is 0 Å². The van der Waals surface area contributed by atoms with Gasteiger partial charge in [0.05, 0.1) is 0 Å². The number of hydrogen-bond acceptors (Lipinski definition) is 0. The van der Waals surface area contributed by atoms with E-state index in [1.54, 1.807) is 0 Å². The van der Waals surface area contributed by atoms with Gasteiger partial charge in [-0.1, -0.05) is 42.5 Å². The second-order valence-corrected chi connectivity index (χ2v) is 1.91. The first kappa shape index (κ1) is 12.8. The average Bonchev–Trinajstić information content (AvgIpc) is 1.91. The van der Waals surface area contributed by atoms with Crippen molar-refractivity contribution in [2.24, 2.45) is 0 Å². The zero-order valence-electron chi connectivity index (χ0n) is 6.92. The maximum absolute atomic E-state index is 2.08. The van der Waals surface area contributed by atoms with Gasteiger partial charge in [0.25, 0.3) is 0 Å². The molecule has 0 saturated carbocycles. The van der Waals surface area contributed by atoms with Gasteiger partial charge in [0.2, 0.25) is 0 Å². The molecule has 0 saturated heterocycles. The van der Waals surface area contributed by atoms with Crippen molar-refractivity contribution in [3.05, 3.63) is 42.0 Å². The zero-order chi connectivity index (χ0) is 6.53. The lowest BCUT2D eigenvalue weighted by Gasteiger charge is -1.86. The van der Waals surface area contributed by atoms with Gasteiger partial charge in [0.1, 0.15) is 0 Å². The molecule has 0 spiro atoms. The first-order chi connectivity index (χ1) is 4.43. The monoisotopic (exact) mass is 171 g/mol. The molecule has 62 valence electrons. The van der Waals surface area contributed by atoms with Crippen molar-refractivity contribution in [1.82, 2.24) is 6.15 Å². The molecular weight excluding hydrogens is 158 g/mol. The van der Waals surface area contributed by atoms with Gasteiger partial charge in [-0.2, -0.15) is 0 Å². The van der Waals surface area contributed by atoms with Crippen molar-refractivity contribution in [3.63, 3.8) is 0 Å². The van der Waals surface area contributed by atoms with Crippen LogP contribution in [0, 0.1) is 0 Å². The van der Waals surface area contributed by atoms with Crippen molar-refractivity contribution in [3.8, 4) is 0 Å². The Morgan fingerprint density at radius 3 is 2.09 bits per heavy atom. The summed E-state index contributed by atoms with van der Waals surface area (Å²) < 4.78 is 0. The van der Waals surface area contributed by atoms with E-state index in [2.05, 4.69) is 18.2 Å². The smallest absolute Gasteiger partial charge is 0.0260 e. The molecule has 0 aliphatic rings. The van der Waals surface area contributed by atoms with E-state index in [0.29, 0.717) is 0 Å². The predicted molar refractivity (Wildman–Crippen MR) is 47.1 cm³/mol. The molecule has 0 heterocycles. The number of rotatable bonds is 1. The molecule has 0 aliphatic heterocycles. The van der Waals surface area contributed by atoms with E-state index >= 15 is 0 Å². The molecule has 1 aromatic carbocycles. The minimum atomic E-state index is 0. The molecule has 11 heavy (non-hydrogen) atoms. The van der Waals surface area contributed by atoms with Crippen LogP contribution in [0.2, 0.25) is 0 Å². The van der Waals surface area contributed by atoms with E-state index in [4.69, 9.17) is 0 Å². The summed E-state index contributed by atoms with van der Waals surface area (Å²) in [6.45, 7) is 2.02. The predicted octanol–water partition coefficient (Wildman–Crippen LogP) is 0.0999. The quantitative estimate of drug-likeness (QED) is 0.623. The number of hydrogen-bond donors (Lipinski definition) is 1. The SMILES string of the molecule is CC=Cc1ccccc1.[Cl-].[NH4+]. The normalized spacial score (nSPS) is 8.45. The van der Waals surface area contributed by atoms with Crippen molar-refractivity contribution >= 4 is 6.08 Å². The fourth-order valence-electron chi connectivity index (χ4n) is 0.757. The fourth-order valence-corrected chi connectivity index (χ4v) is 0.757. The van der Waals surface area contributed by atoms with Crippen molar-refractivity contribution in [2.75, 3.05) is 0 Å². The van der Waals surface area contributed by atoms with Gasteiger partial charge in [-0.25, -0.2) is 0 Å². The van der Waals surface area contributed by atoms with Crippen molar-refractivity contribution in [2.45, 2.75) is 6.92 Å². The third-order valence-electron chi connectivity index (χ3n) is 1.16. The highest BCUT2D eigenvalue weighted by Gasteiger charge is 1.77. The van der Waals surface area contributed by atoms with Gasteiger partial charge in [0, 0.05) is 0 Å². The van der Waals surface area contributed by atoms with Crippen LogP contribution in [0.25, 0.3) is 6.08 Å². The summed E-state index contributed by atoms with van der Waals surface area (Å²) in [6.07, 6.45) is 4.12. The molecule has 0 fully saturated rings. The molecule has 1 nitrogen and oxygen atoms in total. The maximum atomic E-state index is 2.08. The summed E-state index contributed by atoms with van der Waals surface area (Å²) in [5, 5.41) is 0. The lowest BCUT2D eigenvalue weighted by molar-refractivity contribution is -0.00000230. The van der Waals surface area contributed by atoms with Gasteiger partial charge in [-0.3, -0.25) is 0 Å². The standard InChI is InChI=1S/C9H10.ClH.H3N/c1-2-6-9-7-4-3-5-8-9;;/h2-8H,1H3;1H;1H3. The molecule has 0 aliphatic carbocycles. The summed E-state index contributed by atoms with van der Waals surface area (Å²) in [5.74, 6) is 0. The summed E-state index contributed by atoms with van der Waals surface area (Å²) in [6, 6.07) is 10.3. The molecule has 2 heteroatoms. The van der Waals surface area contributed by atoms with Crippen LogP contribution in [-0.2, 0) is 0 Å². The van der Waals surface area contributed by atoms with E-state index in [9.17, 15) is 0 Å². The first-order valence-corrected chi connectivity index (χ1v) is 3.11. The Labute approximate surface area is 74.1 Å². The van der Waals surface area contributed by atoms with E-state index < -0.39 is 0 Å². The third kappa shape index (κ3) is 4.59. The second kappa shape index (κ2) is 7.32. The lowest BCUT2D eigenvalue weighted by Crippen LogP contribution is -3.00. The van der Waals surface area contributed by atoms with Crippen LogP contribution in [-0.4, -0.2) is 0 Å². The summed E-state index contributed by atoms with van der Waals surface area (Å²) in [4.78, 5) is 0. The molecule has 0 atom stereocenters. The average molecular weight is 172 g/mol. The van der Waals surface area contributed by atoms with Gasteiger partial charge < -0.3 is 18.6 Å². The largest absolute Gasteiger partial charge is 1.00 e. The first-order valence-electron chi connectivity index (χ1n) is 3.11. The Hall–Kier alpha value is -0.790. The summed E-state index contributed by atoms with van der Waals surface area (Å²) in [5.41, 5.74) is 1.26. The molecule has 0 amide bonds. The van der Waals surface area contributed by atoms with Crippen LogP contribution in [0.3, 0.4) is 0 Å². The summed E-state index contributed by atoms with van der Waals surface area (Å²) >= 11 is 0. The van der Waals surface area contributed by atoms with Crippen LogP contribution in [0.1, 0.15) is 12.5 Å². The van der Waals surface area contributed by atoms with E-state index in [-0.39, 0.29) is 18.6 Å². The third-order valence-corrected chi connectivity index (χ3v) is 1.16. The molecule has 0 bridgehead atoms. The van der Waals surface area contributed by atoms with Gasteiger partial charge in [0.15, 0.2) is 0 Å². The number of benzene rings is 1. The highest BCUT2D eigenvalue weighted by atomic mass is 35.5. The molecule has 4 N–H and O–H groups in total. The number of halogens is 1. The Kier molecular flexibility index (Phi) is 8.55. The van der Waals surface area contributed by atoms with Gasteiger partial charge in [-0.05, 0) is 12.5 Å². The van der Waals surface area contributed by atoms with Crippen LogP contribution < -0.4 is 18.6 Å². The van der Waals surface area contributed by atoms with Crippen LogP contribution in [0.5, 0.6) is 0 Å². The van der Waals surface area contributed by atoms with E-state index in [0.717, 1.165) is 0 Å². The highest BCUT2D eigenvalue weighted by Crippen LogP contribution is 1.99. The molecule has 1 aromatic rings. The Morgan fingerprint density at radius 2 is 1.64 bits per heavy atom. The van der Waals surface area contributed by atoms with Crippen LogP contribution >= 0.6 is 0 Å². The zero-order valence-corrected chi connectivity index (χ0v) is 7.68. The molecule has 0 unspecified atom stereocenters. The molecule has 1 rings (SSSR count). The molecular formula is C9H14ClN. The van der Waals surface area contributed by atoms with E-state index in [1.165, 1.54) is 5.56 Å². The van der Waals surface area contributed by atoms with Gasteiger partial charge in [-0.15, -0.1) is 0 Å². The fraction of sp³-hybridized carbons (Fsp3) is 0.111. The van der Waals surface area contributed by atoms with Crippen LogP contribution in [0.15, 0.2) is 36.4 Å². The lowest BCUT2D eigenvalue weighted by atomic mass is 10.2. The second-order valence-electron chi connectivity index (χ2n) is 1.91. The number of allylic oxidation sites excluding steroid dienone is 1. The Balaban J connectivity index is 0. The number of quaternary nitrogens is 1. The van der Waals surface area contributed by atoms with E-state index in [1.807, 2.05) is 31.2 Å². The van der Waals surface area contributed by atoms with Crippen LogP contribution in [0.4, 0.5) is 0 Å². The summed E-state index contributed by atoms with van der Waals surface area (Å²) in [7, 11) is 0. The maximum Gasteiger partial charge on any atom is -0.0260 e. The minimum absolute atomic E-state index is 0. The molecule has 0 aromatic heterocycles. The van der Waals surface area contributed by atoms with Gasteiger partial charge >= 0.3 is 0 Å². The Bertz CT molecular complexity index is 194. The molecule has 0 radical (unpaired) electrons. The van der Waals surface area contributed by atoms with Crippen molar-refractivity contribution < 1.29 is 12.4 Å². The topological polar surface area (TPSA) is 36.5 Å². The minimum Gasteiger partial charge on any atom is -1.00 e. The highest BCUT2D eigenvalue weighted by molar-refractivity contribution is 5.47. The Morgan fingerprint density at radius 1 is 1.09 bits per heavy atom.